The Labute approximate surface area is 141 Å². The third kappa shape index (κ3) is 2.19. The number of hydrogen-bond donors (Lipinski definition) is 2. The summed E-state index contributed by atoms with van der Waals surface area (Å²) in [6, 6.07) is 20.2. The van der Waals surface area contributed by atoms with Crippen molar-refractivity contribution in [2.24, 2.45) is 0 Å². The number of rotatable bonds is 1. The van der Waals surface area contributed by atoms with Crippen molar-refractivity contribution in [3.8, 4) is 16.9 Å². The summed E-state index contributed by atoms with van der Waals surface area (Å²) >= 11 is 0. The molecule has 118 valence electrons. The summed E-state index contributed by atoms with van der Waals surface area (Å²) in [6.45, 7) is 4.13. The van der Waals surface area contributed by atoms with E-state index < -0.39 is 0 Å². The molecule has 0 radical (unpaired) electrons. The molecule has 0 spiro atoms. The number of aryl methyl sites for hydroxylation is 2. The zero-order valence-electron chi connectivity index (χ0n) is 13.8. The number of nitrogen functional groups attached to an aromatic ring is 1. The monoisotopic (exact) mass is 313 g/mol. The quantitative estimate of drug-likeness (QED) is 0.452. The molecule has 3 N–H and O–H groups in total. The number of phenolic OH excluding ortho intramolecular Hbond substituents is 1. The van der Waals surface area contributed by atoms with Gasteiger partial charge in [-0.25, -0.2) is 0 Å². The molecular formula is C22H19NO. The van der Waals surface area contributed by atoms with Crippen LogP contribution >= 0.6 is 0 Å². The van der Waals surface area contributed by atoms with Gasteiger partial charge in [-0.05, 0) is 47.5 Å². The first-order valence-corrected chi connectivity index (χ1v) is 8.06. The third-order valence-corrected chi connectivity index (χ3v) is 4.61. The Bertz CT molecular complexity index is 996. The second kappa shape index (κ2) is 5.27. The molecule has 0 atom stereocenters. The first-order valence-electron chi connectivity index (χ1n) is 8.06. The standard InChI is InChI=1S/C22H19NO/c1-13-3-5-15-7-9-19(23)21(17(15)11-13)22-18-12-14(2)4-6-16(18)8-10-20(22)24/h3-12,24H,23H2,1-2H3. The highest BCUT2D eigenvalue weighted by molar-refractivity contribution is 6.11. The highest BCUT2D eigenvalue weighted by Crippen LogP contribution is 2.43. The van der Waals surface area contributed by atoms with Gasteiger partial charge in [-0.2, -0.15) is 0 Å². The SMILES string of the molecule is Cc1ccc2ccc(N)c(-c3c(O)ccc4ccc(C)cc34)c2c1. The van der Waals surface area contributed by atoms with E-state index in [1.54, 1.807) is 6.07 Å². The van der Waals surface area contributed by atoms with Gasteiger partial charge in [0.1, 0.15) is 5.75 Å². The average molecular weight is 313 g/mol. The fourth-order valence-corrected chi connectivity index (χ4v) is 3.41. The fourth-order valence-electron chi connectivity index (χ4n) is 3.41. The van der Waals surface area contributed by atoms with Crippen LogP contribution in [-0.4, -0.2) is 5.11 Å². The van der Waals surface area contributed by atoms with Crippen molar-refractivity contribution in [3.63, 3.8) is 0 Å². The average Bonchev–Trinajstić information content (AvgIpc) is 2.56. The maximum Gasteiger partial charge on any atom is 0.124 e. The van der Waals surface area contributed by atoms with Crippen LogP contribution in [0, 0.1) is 13.8 Å². The molecule has 0 saturated heterocycles. The molecule has 0 heterocycles. The highest BCUT2D eigenvalue weighted by Gasteiger charge is 2.15. The Hall–Kier alpha value is -3.00. The Morgan fingerprint density at radius 3 is 1.79 bits per heavy atom. The van der Waals surface area contributed by atoms with Crippen LogP contribution in [0.4, 0.5) is 5.69 Å². The van der Waals surface area contributed by atoms with Gasteiger partial charge in [0.05, 0.1) is 0 Å². The second-order valence-corrected chi connectivity index (χ2v) is 6.44. The van der Waals surface area contributed by atoms with Gasteiger partial charge < -0.3 is 10.8 Å². The largest absolute Gasteiger partial charge is 0.507 e. The number of phenols is 1. The summed E-state index contributed by atoms with van der Waals surface area (Å²) < 4.78 is 0. The Balaban J connectivity index is 2.21. The molecular weight excluding hydrogens is 294 g/mol. The van der Waals surface area contributed by atoms with Crippen LogP contribution in [0.15, 0.2) is 60.7 Å². The van der Waals surface area contributed by atoms with E-state index in [4.69, 9.17) is 5.73 Å². The molecule has 0 aliphatic heterocycles. The van der Waals surface area contributed by atoms with Crippen molar-refractivity contribution >= 4 is 27.2 Å². The van der Waals surface area contributed by atoms with E-state index in [1.165, 1.54) is 5.56 Å². The molecule has 4 aromatic rings. The summed E-state index contributed by atoms with van der Waals surface area (Å²) in [5, 5.41) is 15.0. The lowest BCUT2D eigenvalue weighted by Gasteiger charge is -2.15. The van der Waals surface area contributed by atoms with Gasteiger partial charge in [0.25, 0.3) is 0 Å². The minimum atomic E-state index is 0.258. The van der Waals surface area contributed by atoms with E-state index in [-0.39, 0.29) is 5.75 Å². The Kier molecular flexibility index (Phi) is 3.20. The van der Waals surface area contributed by atoms with E-state index in [9.17, 15) is 5.11 Å². The van der Waals surface area contributed by atoms with Gasteiger partial charge >= 0.3 is 0 Å². The van der Waals surface area contributed by atoms with E-state index in [0.717, 1.165) is 38.2 Å². The van der Waals surface area contributed by atoms with E-state index in [0.29, 0.717) is 5.69 Å². The lowest BCUT2D eigenvalue weighted by Crippen LogP contribution is -1.94. The molecule has 0 aromatic heterocycles. The first kappa shape index (κ1) is 14.6. The smallest absolute Gasteiger partial charge is 0.124 e. The minimum absolute atomic E-state index is 0.258. The predicted octanol–water partition coefficient (Wildman–Crippen LogP) is 5.56. The third-order valence-electron chi connectivity index (χ3n) is 4.61. The maximum absolute atomic E-state index is 10.7. The predicted molar refractivity (Wildman–Crippen MR) is 102 cm³/mol. The Morgan fingerprint density at radius 2 is 1.17 bits per heavy atom. The van der Waals surface area contributed by atoms with Crippen LogP contribution in [0.25, 0.3) is 32.7 Å². The van der Waals surface area contributed by atoms with Crippen LogP contribution in [0.2, 0.25) is 0 Å². The van der Waals surface area contributed by atoms with E-state index in [2.05, 4.69) is 50.2 Å². The lowest BCUT2D eigenvalue weighted by molar-refractivity contribution is 0.478. The summed E-state index contributed by atoms with van der Waals surface area (Å²) in [7, 11) is 0. The van der Waals surface area contributed by atoms with Gasteiger partial charge in [-0.3, -0.25) is 0 Å². The zero-order chi connectivity index (χ0) is 16.8. The van der Waals surface area contributed by atoms with E-state index in [1.807, 2.05) is 18.2 Å². The zero-order valence-corrected chi connectivity index (χ0v) is 13.8. The van der Waals surface area contributed by atoms with Gasteiger partial charge in [-0.15, -0.1) is 0 Å². The molecule has 0 saturated carbocycles. The summed E-state index contributed by atoms with van der Waals surface area (Å²) in [6.07, 6.45) is 0. The van der Waals surface area contributed by atoms with Crippen molar-refractivity contribution in [2.45, 2.75) is 13.8 Å². The highest BCUT2D eigenvalue weighted by atomic mass is 16.3. The van der Waals surface area contributed by atoms with Crippen molar-refractivity contribution < 1.29 is 5.11 Å². The van der Waals surface area contributed by atoms with Crippen LogP contribution < -0.4 is 5.73 Å². The Morgan fingerprint density at radius 1 is 0.667 bits per heavy atom. The number of fused-ring (bicyclic) bond motifs is 2. The number of benzene rings is 4. The minimum Gasteiger partial charge on any atom is -0.507 e. The fraction of sp³-hybridized carbons (Fsp3) is 0.0909. The second-order valence-electron chi connectivity index (χ2n) is 6.44. The molecule has 24 heavy (non-hydrogen) atoms. The van der Waals surface area contributed by atoms with Crippen LogP contribution in [-0.2, 0) is 0 Å². The molecule has 0 unspecified atom stereocenters. The van der Waals surface area contributed by atoms with Crippen molar-refractivity contribution in [2.75, 3.05) is 5.73 Å². The topological polar surface area (TPSA) is 46.2 Å². The summed E-state index contributed by atoms with van der Waals surface area (Å²) in [4.78, 5) is 0. The number of anilines is 1. The van der Waals surface area contributed by atoms with Crippen molar-refractivity contribution in [3.05, 3.63) is 71.8 Å². The lowest BCUT2D eigenvalue weighted by atomic mass is 9.90. The normalized spacial score (nSPS) is 11.2. The van der Waals surface area contributed by atoms with Gasteiger partial charge in [0.15, 0.2) is 0 Å². The summed E-state index contributed by atoms with van der Waals surface area (Å²) in [5.74, 6) is 0.258. The molecule has 0 aliphatic carbocycles. The number of hydrogen-bond acceptors (Lipinski definition) is 2. The first-order chi connectivity index (χ1) is 11.5. The van der Waals surface area contributed by atoms with Gasteiger partial charge in [0, 0.05) is 16.8 Å². The molecule has 4 rings (SSSR count). The number of aromatic hydroxyl groups is 1. The molecule has 2 nitrogen and oxygen atoms in total. The molecule has 0 bridgehead atoms. The van der Waals surface area contributed by atoms with E-state index >= 15 is 0 Å². The summed E-state index contributed by atoms with van der Waals surface area (Å²) in [5.41, 5.74) is 11.1. The van der Waals surface area contributed by atoms with Crippen LogP contribution in [0.1, 0.15) is 11.1 Å². The van der Waals surface area contributed by atoms with Gasteiger partial charge in [0.2, 0.25) is 0 Å². The van der Waals surface area contributed by atoms with Crippen LogP contribution in [0.3, 0.4) is 0 Å². The maximum atomic E-state index is 10.7. The molecule has 0 fully saturated rings. The number of nitrogens with two attached hydrogens (primary N) is 1. The van der Waals surface area contributed by atoms with Crippen molar-refractivity contribution in [1.29, 1.82) is 0 Å². The molecule has 4 aromatic carbocycles. The van der Waals surface area contributed by atoms with Crippen LogP contribution in [0.5, 0.6) is 5.75 Å². The molecule has 2 heteroatoms. The van der Waals surface area contributed by atoms with Crippen molar-refractivity contribution in [1.82, 2.24) is 0 Å². The molecule has 0 amide bonds. The molecule has 0 aliphatic rings. The van der Waals surface area contributed by atoms with Gasteiger partial charge in [-0.1, -0.05) is 59.7 Å².